The van der Waals surface area contributed by atoms with Crippen LogP contribution in [0.25, 0.3) is 11.5 Å². The number of likely N-dealkylation sites (N-methyl/N-ethyl adjacent to an activating group) is 1. The average molecular weight is 512 g/mol. The van der Waals surface area contributed by atoms with Gasteiger partial charge >= 0.3 is 12.5 Å². The molecule has 2 amide bonds. The van der Waals surface area contributed by atoms with Crippen LogP contribution in [0.1, 0.15) is 24.3 Å². The Kier molecular flexibility index (Phi) is 7.27. The molecule has 4 rings (SSSR count). The first-order chi connectivity index (χ1) is 16.6. The quantitative estimate of drug-likeness (QED) is 0.416. The predicted molar refractivity (Wildman–Crippen MR) is 121 cm³/mol. The van der Waals surface area contributed by atoms with E-state index in [1.807, 2.05) is 19.0 Å². The molecule has 0 bridgehead atoms. The Morgan fingerprint density at radius 2 is 1.94 bits per heavy atom. The average Bonchev–Trinajstić information content (AvgIpc) is 3.50. The smallest absolute Gasteiger partial charge is 0.324 e. The van der Waals surface area contributed by atoms with Crippen LogP contribution in [-0.4, -0.2) is 59.3 Å². The lowest BCUT2D eigenvalue weighted by molar-refractivity contribution is 0.116. The molecule has 1 atom stereocenters. The van der Waals surface area contributed by atoms with Gasteiger partial charge in [0.2, 0.25) is 5.89 Å². The number of urea groups is 1. The van der Waals surface area contributed by atoms with Gasteiger partial charge in [-0.2, -0.15) is 8.78 Å². The second kappa shape index (κ2) is 10.2. The molecule has 12 heteroatoms. The van der Waals surface area contributed by atoms with E-state index in [-0.39, 0.29) is 40.7 Å². The van der Waals surface area contributed by atoms with Crippen molar-refractivity contribution >= 4 is 23.3 Å². The van der Waals surface area contributed by atoms with Crippen molar-refractivity contribution in [3.8, 4) is 11.5 Å². The van der Waals surface area contributed by atoms with Crippen LogP contribution in [-0.2, 0) is 6.54 Å². The number of likely N-dealkylation sites (tertiary alicyclic amines) is 1. The third-order valence-corrected chi connectivity index (χ3v) is 6.16. The first-order valence-electron chi connectivity index (χ1n) is 10.7. The molecule has 0 saturated carbocycles. The molecule has 7 nitrogen and oxygen atoms in total. The third kappa shape index (κ3) is 5.40. The lowest BCUT2D eigenvalue weighted by Crippen LogP contribution is -2.43. The molecule has 0 spiro atoms. The van der Waals surface area contributed by atoms with Gasteiger partial charge in [0.25, 0.3) is 5.89 Å². The van der Waals surface area contributed by atoms with Crippen LogP contribution in [0.5, 0.6) is 0 Å². The molecule has 1 aromatic heterocycles. The van der Waals surface area contributed by atoms with Crippen LogP contribution in [0.3, 0.4) is 0 Å². The lowest BCUT2D eigenvalue weighted by atomic mass is 10.1. The topological polar surface area (TPSA) is 65.7 Å². The Bertz CT molecular complexity index is 1220. The second-order valence-corrected chi connectivity index (χ2v) is 8.78. The second-order valence-electron chi connectivity index (χ2n) is 8.37. The van der Waals surface area contributed by atoms with Crippen molar-refractivity contribution in [1.82, 2.24) is 20.0 Å². The summed E-state index contributed by atoms with van der Waals surface area (Å²) < 4.78 is 59.1. The zero-order valence-electron chi connectivity index (χ0n) is 18.9. The van der Waals surface area contributed by atoms with Gasteiger partial charge in [-0.05, 0) is 50.8 Å². The van der Waals surface area contributed by atoms with Crippen molar-refractivity contribution in [2.24, 2.45) is 0 Å². The number of rotatable bonds is 6. The fraction of sp³-hybridized carbons (Fsp3) is 0.348. The van der Waals surface area contributed by atoms with Crippen LogP contribution >= 0.6 is 11.6 Å². The minimum atomic E-state index is -2.94. The van der Waals surface area contributed by atoms with E-state index in [4.69, 9.17) is 16.0 Å². The number of carbonyl (C=O) groups excluding carboxylic acids is 1. The number of hydrogen-bond acceptors (Lipinski definition) is 5. The lowest BCUT2D eigenvalue weighted by Gasteiger charge is -2.29. The van der Waals surface area contributed by atoms with E-state index >= 15 is 4.39 Å². The highest BCUT2D eigenvalue weighted by Crippen LogP contribution is 2.29. The van der Waals surface area contributed by atoms with E-state index in [1.165, 1.54) is 29.2 Å². The van der Waals surface area contributed by atoms with Crippen LogP contribution in [0, 0.1) is 11.6 Å². The van der Waals surface area contributed by atoms with E-state index in [2.05, 4.69) is 10.2 Å². The van der Waals surface area contributed by atoms with Crippen molar-refractivity contribution < 1.29 is 26.8 Å². The van der Waals surface area contributed by atoms with Crippen LogP contribution in [0.2, 0.25) is 5.02 Å². The van der Waals surface area contributed by atoms with Gasteiger partial charge in [0.15, 0.2) is 0 Å². The highest BCUT2D eigenvalue weighted by molar-refractivity contribution is 6.31. The molecular weight excluding hydrogens is 490 g/mol. The maximum absolute atomic E-state index is 15.0. The molecule has 1 fully saturated rings. The van der Waals surface area contributed by atoms with Gasteiger partial charge in [0, 0.05) is 35.9 Å². The summed E-state index contributed by atoms with van der Waals surface area (Å²) in [5, 5.41) is 6.59. The molecule has 1 aliphatic heterocycles. The number of nitrogens with zero attached hydrogens (tertiary/aromatic N) is 5. The van der Waals surface area contributed by atoms with E-state index in [9.17, 15) is 18.0 Å². The van der Waals surface area contributed by atoms with E-state index in [1.54, 1.807) is 4.90 Å². The van der Waals surface area contributed by atoms with Gasteiger partial charge in [-0.3, -0.25) is 4.90 Å². The highest BCUT2D eigenvalue weighted by Gasteiger charge is 2.31. The summed E-state index contributed by atoms with van der Waals surface area (Å²) >= 11 is 5.95. The van der Waals surface area contributed by atoms with E-state index < -0.39 is 24.0 Å². The summed E-state index contributed by atoms with van der Waals surface area (Å²) in [6.07, 6.45) is -2.16. The fourth-order valence-corrected chi connectivity index (χ4v) is 4.02. The normalized spacial score (nSPS) is 15.9. The number of anilines is 1. The number of carbonyl (C=O) groups is 1. The Hall–Kier alpha value is -3.18. The van der Waals surface area contributed by atoms with Crippen molar-refractivity contribution in [2.75, 3.05) is 32.1 Å². The number of alkyl halides is 2. The number of benzene rings is 2. The number of hydrogen-bond donors (Lipinski definition) is 0. The minimum absolute atomic E-state index is 0.113. The summed E-state index contributed by atoms with van der Waals surface area (Å²) in [5.41, 5.74) is 0.554. The van der Waals surface area contributed by atoms with E-state index in [0.717, 1.165) is 18.6 Å². The number of halogens is 5. The molecule has 0 radical (unpaired) electrons. The molecule has 1 aliphatic rings. The Morgan fingerprint density at radius 1 is 1.17 bits per heavy atom. The van der Waals surface area contributed by atoms with Crippen LogP contribution in [0.4, 0.5) is 28.0 Å². The van der Waals surface area contributed by atoms with Gasteiger partial charge in [0.05, 0.1) is 11.6 Å². The Balaban J connectivity index is 1.62. The Morgan fingerprint density at radius 3 is 2.54 bits per heavy atom. The molecule has 2 aromatic carbocycles. The summed E-state index contributed by atoms with van der Waals surface area (Å²) in [6.45, 7) is 0.822. The standard InChI is InChI=1S/C23H22ClF4N5O2/c1-31(2)16-7-8-32(12-16)23(34)33(15-5-6-18(25)17(24)10-15)11-14-4-3-13(9-19(14)26)21-29-30-22(35-21)20(27)28/h3-6,9-10,16,20H,7-8,11-12H2,1-2H3. The molecule has 1 unspecified atom stereocenters. The van der Waals surface area contributed by atoms with Gasteiger partial charge in [-0.1, -0.05) is 17.7 Å². The zero-order valence-corrected chi connectivity index (χ0v) is 19.6. The molecule has 3 aromatic rings. The number of amides is 2. The molecule has 1 saturated heterocycles. The summed E-state index contributed by atoms with van der Waals surface area (Å²) in [4.78, 5) is 18.5. The number of aromatic nitrogens is 2. The zero-order chi connectivity index (χ0) is 25.3. The fourth-order valence-electron chi connectivity index (χ4n) is 3.85. The molecular formula is C23H22ClF4N5O2. The Labute approximate surface area is 203 Å². The minimum Gasteiger partial charge on any atom is -0.415 e. The van der Waals surface area contributed by atoms with Crippen molar-refractivity contribution in [3.63, 3.8) is 0 Å². The van der Waals surface area contributed by atoms with Crippen LogP contribution < -0.4 is 4.90 Å². The molecule has 0 N–H and O–H groups in total. The van der Waals surface area contributed by atoms with Crippen molar-refractivity contribution in [2.45, 2.75) is 25.4 Å². The highest BCUT2D eigenvalue weighted by atomic mass is 35.5. The van der Waals surface area contributed by atoms with Crippen LogP contribution in [0.15, 0.2) is 40.8 Å². The summed E-state index contributed by atoms with van der Waals surface area (Å²) in [5.74, 6) is -2.47. The molecule has 0 aliphatic carbocycles. The largest absolute Gasteiger partial charge is 0.415 e. The first-order valence-corrected chi connectivity index (χ1v) is 11.1. The maximum Gasteiger partial charge on any atom is 0.324 e. The molecule has 186 valence electrons. The predicted octanol–water partition coefficient (Wildman–Crippen LogP) is 5.37. The maximum atomic E-state index is 15.0. The SMILES string of the molecule is CN(C)C1CCN(C(=O)N(Cc2ccc(-c3nnc(C(F)F)o3)cc2F)c2ccc(F)c(Cl)c2)C1. The third-order valence-electron chi connectivity index (χ3n) is 5.87. The molecule has 2 heterocycles. The van der Waals surface area contributed by atoms with Gasteiger partial charge < -0.3 is 14.2 Å². The summed E-state index contributed by atoms with van der Waals surface area (Å²) in [6, 6.07) is 7.55. The first kappa shape index (κ1) is 24.9. The van der Waals surface area contributed by atoms with Crippen molar-refractivity contribution in [3.05, 3.63) is 64.5 Å². The van der Waals surface area contributed by atoms with Gasteiger partial charge in [-0.25, -0.2) is 13.6 Å². The van der Waals surface area contributed by atoms with E-state index in [0.29, 0.717) is 18.8 Å². The summed E-state index contributed by atoms with van der Waals surface area (Å²) in [7, 11) is 3.86. The van der Waals surface area contributed by atoms with Gasteiger partial charge in [0.1, 0.15) is 11.6 Å². The monoisotopic (exact) mass is 511 g/mol. The van der Waals surface area contributed by atoms with Crippen molar-refractivity contribution in [1.29, 1.82) is 0 Å². The molecule has 35 heavy (non-hydrogen) atoms. The van der Waals surface area contributed by atoms with Gasteiger partial charge in [-0.15, -0.1) is 10.2 Å².